The number of aromatic nitrogens is 2. The molecule has 1 aromatic heterocycles. The molecule has 1 aliphatic rings. The molecule has 0 spiro atoms. The van der Waals surface area contributed by atoms with Crippen LogP contribution in [0.1, 0.15) is 36.3 Å². The lowest BCUT2D eigenvalue weighted by Crippen LogP contribution is -2.64. The van der Waals surface area contributed by atoms with E-state index in [0.29, 0.717) is 31.1 Å². The molecule has 0 fully saturated rings. The maximum absolute atomic E-state index is 13.4. The Morgan fingerprint density at radius 3 is 2.59 bits per heavy atom. The fourth-order valence-corrected chi connectivity index (χ4v) is 4.18. The fourth-order valence-electron chi connectivity index (χ4n) is 4.18. The molecule has 0 saturated heterocycles. The molecule has 2 aromatic carbocycles. The minimum Gasteiger partial charge on any atom is -0.496 e. The second-order valence-corrected chi connectivity index (χ2v) is 8.16. The van der Waals surface area contributed by atoms with Gasteiger partial charge in [-0.25, -0.2) is 0 Å². The van der Waals surface area contributed by atoms with Crippen LogP contribution in [0.3, 0.4) is 0 Å². The lowest BCUT2D eigenvalue weighted by Gasteiger charge is -2.43. The molecule has 0 aliphatic carbocycles. The SMILES string of the molecule is CCCN1C(=O)c2cc(-c3ccccc3)nn2C[C@@]1(C)C(=O)NCc1ccccc1OC. The van der Waals surface area contributed by atoms with Crippen LogP contribution >= 0.6 is 0 Å². The van der Waals surface area contributed by atoms with Crippen molar-refractivity contribution in [3.63, 3.8) is 0 Å². The second-order valence-electron chi connectivity index (χ2n) is 8.16. The molecule has 32 heavy (non-hydrogen) atoms. The first-order chi connectivity index (χ1) is 15.5. The predicted molar refractivity (Wildman–Crippen MR) is 122 cm³/mol. The topological polar surface area (TPSA) is 76.5 Å². The van der Waals surface area contributed by atoms with Gasteiger partial charge in [-0.15, -0.1) is 0 Å². The number of para-hydroxylation sites is 1. The van der Waals surface area contributed by atoms with Crippen LogP contribution < -0.4 is 10.1 Å². The average molecular weight is 433 g/mol. The van der Waals surface area contributed by atoms with E-state index in [1.54, 1.807) is 16.7 Å². The number of nitrogens with zero attached hydrogens (tertiary/aromatic N) is 3. The van der Waals surface area contributed by atoms with Crippen molar-refractivity contribution in [1.82, 2.24) is 20.0 Å². The van der Waals surface area contributed by atoms with Crippen molar-refractivity contribution >= 4 is 11.8 Å². The van der Waals surface area contributed by atoms with Gasteiger partial charge in [0.25, 0.3) is 5.91 Å². The van der Waals surface area contributed by atoms with E-state index in [1.165, 1.54) is 0 Å². The summed E-state index contributed by atoms with van der Waals surface area (Å²) in [7, 11) is 1.61. The maximum Gasteiger partial charge on any atom is 0.273 e. The van der Waals surface area contributed by atoms with E-state index in [4.69, 9.17) is 4.74 Å². The van der Waals surface area contributed by atoms with E-state index in [0.717, 1.165) is 23.2 Å². The van der Waals surface area contributed by atoms with Gasteiger partial charge >= 0.3 is 0 Å². The molecule has 0 radical (unpaired) electrons. The number of ether oxygens (including phenoxy) is 1. The molecule has 2 amide bonds. The van der Waals surface area contributed by atoms with Gasteiger partial charge in [-0.1, -0.05) is 55.5 Å². The van der Waals surface area contributed by atoms with Crippen LogP contribution in [0, 0.1) is 0 Å². The van der Waals surface area contributed by atoms with E-state index in [9.17, 15) is 9.59 Å². The summed E-state index contributed by atoms with van der Waals surface area (Å²) in [4.78, 5) is 28.5. The summed E-state index contributed by atoms with van der Waals surface area (Å²) in [6.07, 6.45) is 0.751. The van der Waals surface area contributed by atoms with Gasteiger partial charge < -0.3 is 15.0 Å². The normalized spacial score (nSPS) is 17.7. The van der Waals surface area contributed by atoms with Crippen LogP contribution in [0.4, 0.5) is 0 Å². The number of hydrogen-bond acceptors (Lipinski definition) is 4. The standard InChI is InChI=1S/C25H28N4O3/c1-4-14-28-23(30)21-15-20(18-10-6-5-7-11-18)27-29(21)17-25(28,2)24(31)26-16-19-12-8-9-13-22(19)32-3/h5-13,15H,4,14,16-17H2,1-3H3,(H,26,31)/t25-/m0/s1. The Morgan fingerprint density at radius 2 is 1.88 bits per heavy atom. The Labute approximate surface area is 188 Å². The molecule has 0 unspecified atom stereocenters. The molecule has 1 aliphatic heterocycles. The molecule has 2 heterocycles. The highest BCUT2D eigenvalue weighted by Gasteiger charge is 2.47. The van der Waals surface area contributed by atoms with Gasteiger partial charge in [0, 0.05) is 24.2 Å². The maximum atomic E-state index is 13.4. The van der Waals surface area contributed by atoms with Crippen molar-refractivity contribution in [2.45, 2.75) is 38.9 Å². The number of hydrogen-bond donors (Lipinski definition) is 1. The van der Waals surface area contributed by atoms with Crippen molar-refractivity contribution in [1.29, 1.82) is 0 Å². The summed E-state index contributed by atoms with van der Waals surface area (Å²) in [5.41, 5.74) is 1.99. The Bertz CT molecular complexity index is 1130. The van der Waals surface area contributed by atoms with Crippen LogP contribution in [-0.4, -0.2) is 45.7 Å². The summed E-state index contributed by atoms with van der Waals surface area (Å²) in [6.45, 7) is 4.91. The van der Waals surface area contributed by atoms with Crippen molar-refractivity contribution in [3.8, 4) is 17.0 Å². The number of amides is 2. The first kappa shape index (κ1) is 21.6. The number of benzene rings is 2. The Balaban J connectivity index is 1.63. The molecule has 7 nitrogen and oxygen atoms in total. The summed E-state index contributed by atoms with van der Waals surface area (Å²) < 4.78 is 7.05. The van der Waals surface area contributed by atoms with E-state index in [1.807, 2.05) is 74.5 Å². The van der Waals surface area contributed by atoms with E-state index < -0.39 is 5.54 Å². The van der Waals surface area contributed by atoms with Crippen LogP contribution in [0.25, 0.3) is 11.3 Å². The van der Waals surface area contributed by atoms with Crippen molar-refractivity contribution in [2.24, 2.45) is 0 Å². The average Bonchev–Trinajstić information content (AvgIpc) is 3.25. The zero-order valence-corrected chi connectivity index (χ0v) is 18.7. The molecule has 4 rings (SSSR count). The summed E-state index contributed by atoms with van der Waals surface area (Å²) >= 11 is 0. The van der Waals surface area contributed by atoms with Crippen molar-refractivity contribution < 1.29 is 14.3 Å². The van der Waals surface area contributed by atoms with Gasteiger partial charge in [0.2, 0.25) is 5.91 Å². The fraction of sp³-hybridized carbons (Fsp3) is 0.320. The number of rotatable bonds is 7. The number of carbonyl (C=O) groups is 2. The molecule has 1 N–H and O–H groups in total. The lowest BCUT2D eigenvalue weighted by molar-refractivity contribution is -0.133. The Hall–Kier alpha value is -3.61. The van der Waals surface area contributed by atoms with Gasteiger partial charge in [-0.3, -0.25) is 14.3 Å². The van der Waals surface area contributed by atoms with Gasteiger partial charge in [-0.2, -0.15) is 5.10 Å². The van der Waals surface area contributed by atoms with Gasteiger partial charge in [0.15, 0.2) is 0 Å². The summed E-state index contributed by atoms with van der Waals surface area (Å²) in [5, 5.41) is 7.67. The van der Waals surface area contributed by atoms with Crippen molar-refractivity contribution in [2.75, 3.05) is 13.7 Å². The minimum atomic E-state index is -1.05. The van der Waals surface area contributed by atoms with Gasteiger partial charge in [0.1, 0.15) is 17.0 Å². The molecule has 7 heteroatoms. The zero-order chi connectivity index (χ0) is 22.7. The second kappa shape index (κ2) is 8.86. The third-order valence-corrected chi connectivity index (χ3v) is 5.94. The highest BCUT2D eigenvalue weighted by atomic mass is 16.5. The van der Waals surface area contributed by atoms with Crippen LogP contribution in [0.5, 0.6) is 5.75 Å². The highest BCUT2D eigenvalue weighted by Crippen LogP contribution is 2.30. The molecule has 1 atom stereocenters. The third kappa shape index (κ3) is 3.86. The Kier molecular flexibility index (Phi) is 5.99. The highest BCUT2D eigenvalue weighted by molar-refractivity contribution is 6.00. The van der Waals surface area contributed by atoms with Crippen LogP contribution in [0.2, 0.25) is 0 Å². The van der Waals surface area contributed by atoms with Gasteiger partial charge in [-0.05, 0) is 25.5 Å². The molecule has 0 saturated carbocycles. The van der Waals surface area contributed by atoms with E-state index in [-0.39, 0.29) is 11.8 Å². The number of carbonyl (C=O) groups excluding carboxylic acids is 2. The van der Waals surface area contributed by atoms with E-state index in [2.05, 4.69) is 10.4 Å². The quantitative estimate of drug-likeness (QED) is 0.620. The van der Waals surface area contributed by atoms with Crippen LogP contribution in [-0.2, 0) is 17.9 Å². The first-order valence-corrected chi connectivity index (χ1v) is 10.8. The Morgan fingerprint density at radius 1 is 1.16 bits per heavy atom. The molecular weight excluding hydrogens is 404 g/mol. The summed E-state index contributed by atoms with van der Waals surface area (Å²) in [6, 6.07) is 19.1. The zero-order valence-electron chi connectivity index (χ0n) is 18.7. The van der Waals surface area contributed by atoms with E-state index >= 15 is 0 Å². The largest absolute Gasteiger partial charge is 0.496 e. The third-order valence-electron chi connectivity index (χ3n) is 5.94. The summed E-state index contributed by atoms with van der Waals surface area (Å²) in [5.74, 6) is 0.320. The van der Waals surface area contributed by atoms with Crippen LogP contribution in [0.15, 0.2) is 60.7 Å². The predicted octanol–water partition coefficient (Wildman–Crippen LogP) is 3.50. The van der Waals surface area contributed by atoms with Gasteiger partial charge in [0.05, 0.1) is 19.3 Å². The molecule has 3 aromatic rings. The minimum absolute atomic E-state index is 0.178. The van der Waals surface area contributed by atoms with Crippen molar-refractivity contribution in [3.05, 3.63) is 71.9 Å². The smallest absolute Gasteiger partial charge is 0.273 e. The lowest BCUT2D eigenvalue weighted by atomic mass is 9.94. The number of nitrogens with one attached hydrogen (secondary N) is 1. The molecule has 166 valence electrons. The first-order valence-electron chi connectivity index (χ1n) is 10.8. The molecular formula is C25H28N4O3. The monoisotopic (exact) mass is 432 g/mol. The number of methoxy groups -OCH3 is 1. The number of fused-ring (bicyclic) bond motifs is 1. The molecule has 0 bridgehead atoms.